The Balaban J connectivity index is 2.28. The lowest BCUT2D eigenvalue weighted by molar-refractivity contribution is -0.140. The summed E-state index contributed by atoms with van der Waals surface area (Å²) in [6, 6.07) is 4.14. The van der Waals surface area contributed by atoms with Crippen molar-refractivity contribution in [2.75, 3.05) is 11.6 Å². The first-order valence-electron chi connectivity index (χ1n) is 5.07. The lowest BCUT2D eigenvalue weighted by Gasteiger charge is -2.21. The molecular formula is C11H9BrClNO3S. The van der Waals surface area contributed by atoms with Gasteiger partial charge in [-0.15, -0.1) is 11.8 Å². The third-order valence-electron chi connectivity index (χ3n) is 2.59. The molecule has 0 spiro atoms. The number of carboxylic acid groups (broad SMARTS) is 1. The van der Waals surface area contributed by atoms with E-state index in [-0.39, 0.29) is 5.91 Å². The van der Waals surface area contributed by atoms with Crippen molar-refractivity contribution < 1.29 is 14.7 Å². The summed E-state index contributed by atoms with van der Waals surface area (Å²) in [6.07, 6.45) is 0. The van der Waals surface area contributed by atoms with Crippen molar-refractivity contribution in [1.29, 1.82) is 0 Å². The van der Waals surface area contributed by atoms with Gasteiger partial charge in [-0.25, -0.2) is 4.79 Å². The molecule has 1 fully saturated rings. The minimum absolute atomic E-state index is 0.315. The van der Waals surface area contributed by atoms with Crippen LogP contribution >= 0.6 is 39.3 Å². The largest absolute Gasteiger partial charge is 0.480 e. The fourth-order valence-electron chi connectivity index (χ4n) is 1.67. The Morgan fingerprint density at radius 1 is 1.50 bits per heavy atom. The number of carbonyl (C=O) groups is 2. The zero-order valence-electron chi connectivity index (χ0n) is 9.10. The summed E-state index contributed by atoms with van der Waals surface area (Å²) in [5, 5.41) is 9.36. The van der Waals surface area contributed by atoms with E-state index in [0.717, 1.165) is 4.47 Å². The van der Waals surface area contributed by atoms with Gasteiger partial charge in [0.2, 0.25) is 0 Å². The number of halogens is 2. The highest BCUT2D eigenvalue weighted by Crippen LogP contribution is 2.27. The topological polar surface area (TPSA) is 57.6 Å². The third kappa shape index (κ3) is 2.65. The quantitative estimate of drug-likeness (QED) is 0.891. The van der Waals surface area contributed by atoms with Crippen LogP contribution in [0.15, 0.2) is 22.7 Å². The molecule has 1 saturated heterocycles. The second-order valence-corrected chi connectivity index (χ2v) is 6.08. The number of aliphatic carboxylic acids is 1. The van der Waals surface area contributed by atoms with Crippen LogP contribution in [0.3, 0.4) is 0 Å². The van der Waals surface area contributed by atoms with Crippen LogP contribution in [-0.4, -0.2) is 39.6 Å². The molecule has 1 unspecified atom stereocenters. The summed E-state index contributed by atoms with van der Waals surface area (Å²) in [5.41, 5.74) is 0.327. The number of benzene rings is 1. The molecule has 1 N–H and O–H groups in total. The second kappa shape index (κ2) is 5.50. The van der Waals surface area contributed by atoms with E-state index >= 15 is 0 Å². The molecule has 0 aromatic heterocycles. The number of rotatable bonds is 2. The van der Waals surface area contributed by atoms with Gasteiger partial charge in [0, 0.05) is 10.2 Å². The Morgan fingerprint density at radius 2 is 2.22 bits per heavy atom. The predicted molar refractivity (Wildman–Crippen MR) is 74.1 cm³/mol. The minimum atomic E-state index is -0.985. The molecule has 1 atom stereocenters. The first-order valence-corrected chi connectivity index (χ1v) is 7.40. The molecule has 1 amide bonds. The van der Waals surface area contributed by atoms with Crippen molar-refractivity contribution in [1.82, 2.24) is 4.90 Å². The minimum Gasteiger partial charge on any atom is -0.480 e. The van der Waals surface area contributed by atoms with E-state index < -0.39 is 12.0 Å². The fourth-order valence-corrected chi connectivity index (χ4v) is 3.56. The second-order valence-electron chi connectivity index (χ2n) is 3.75. The zero-order valence-corrected chi connectivity index (χ0v) is 12.3. The summed E-state index contributed by atoms with van der Waals surface area (Å²) in [6.45, 7) is 0. The summed E-state index contributed by atoms with van der Waals surface area (Å²) in [7, 11) is 0. The molecule has 18 heavy (non-hydrogen) atoms. The van der Waals surface area contributed by atoms with Crippen molar-refractivity contribution in [3.63, 3.8) is 0 Å². The first kappa shape index (κ1) is 13.7. The van der Waals surface area contributed by atoms with Crippen molar-refractivity contribution in [2.24, 2.45) is 0 Å². The highest BCUT2D eigenvalue weighted by Gasteiger charge is 2.35. The van der Waals surface area contributed by atoms with Crippen LogP contribution in [0.2, 0.25) is 5.02 Å². The molecule has 1 aromatic carbocycles. The molecule has 1 heterocycles. The van der Waals surface area contributed by atoms with Gasteiger partial charge < -0.3 is 10.0 Å². The van der Waals surface area contributed by atoms with E-state index in [0.29, 0.717) is 22.2 Å². The molecule has 0 saturated carbocycles. The standard InChI is InChI=1S/C11H9BrClNO3S/c12-6-1-2-7(8(13)3-6)10(15)14-5-18-4-9(14)11(16)17/h1-3,9H,4-5H2,(H,16,17). The Labute approximate surface area is 121 Å². The van der Waals surface area contributed by atoms with Gasteiger partial charge in [0.05, 0.1) is 16.5 Å². The van der Waals surface area contributed by atoms with E-state index in [4.69, 9.17) is 16.7 Å². The monoisotopic (exact) mass is 349 g/mol. The van der Waals surface area contributed by atoms with Crippen molar-refractivity contribution in [3.8, 4) is 0 Å². The summed E-state index contributed by atoms with van der Waals surface area (Å²) >= 11 is 10.7. The number of carboxylic acids is 1. The highest BCUT2D eigenvalue weighted by atomic mass is 79.9. The third-order valence-corrected chi connectivity index (χ3v) is 4.41. The maximum absolute atomic E-state index is 12.2. The van der Waals surface area contributed by atoms with Gasteiger partial charge in [0.1, 0.15) is 6.04 Å². The Bertz CT molecular complexity index is 511. The van der Waals surface area contributed by atoms with Gasteiger partial charge in [0.25, 0.3) is 5.91 Å². The van der Waals surface area contributed by atoms with E-state index in [9.17, 15) is 9.59 Å². The first-order chi connectivity index (χ1) is 8.50. The van der Waals surface area contributed by atoms with Crippen LogP contribution in [0.25, 0.3) is 0 Å². The molecule has 1 aromatic rings. The van der Waals surface area contributed by atoms with Gasteiger partial charge in [-0.05, 0) is 18.2 Å². The molecule has 0 bridgehead atoms. The van der Waals surface area contributed by atoms with E-state index in [1.807, 2.05) is 0 Å². The SMILES string of the molecule is O=C(O)C1CSCN1C(=O)c1ccc(Br)cc1Cl. The molecule has 7 heteroatoms. The predicted octanol–water partition coefficient (Wildman–Crippen LogP) is 2.70. The van der Waals surface area contributed by atoms with E-state index in [2.05, 4.69) is 15.9 Å². The number of thioether (sulfide) groups is 1. The zero-order chi connectivity index (χ0) is 13.3. The van der Waals surface area contributed by atoms with Crippen LogP contribution in [-0.2, 0) is 4.79 Å². The average molecular weight is 351 g/mol. The molecule has 4 nitrogen and oxygen atoms in total. The van der Waals surface area contributed by atoms with Crippen molar-refractivity contribution >= 4 is 51.2 Å². The summed E-state index contributed by atoms with van der Waals surface area (Å²) in [5.74, 6) is -0.538. The van der Waals surface area contributed by atoms with Crippen LogP contribution in [0.5, 0.6) is 0 Å². The smallest absolute Gasteiger partial charge is 0.327 e. The Kier molecular flexibility index (Phi) is 4.19. The molecule has 1 aliphatic heterocycles. The maximum Gasteiger partial charge on any atom is 0.327 e. The molecular weight excluding hydrogens is 342 g/mol. The number of nitrogens with zero attached hydrogens (tertiary/aromatic N) is 1. The Morgan fingerprint density at radius 3 is 2.83 bits per heavy atom. The van der Waals surface area contributed by atoms with E-state index in [1.54, 1.807) is 18.2 Å². The van der Waals surface area contributed by atoms with Crippen molar-refractivity contribution in [3.05, 3.63) is 33.3 Å². The van der Waals surface area contributed by atoms with E-state index in [1.165, 1.54) is 16.7 Å². The lowest BCUT2D eigenvalue weighted by atomic mass is 10.2. The molecule has 1 aliphatic rings. The van der Waals surface area contributed by atoms with Gasteiger partial charge >= 0.3 is 5.97 Å². The lowest BCUT2D eigenvalue weighted by Crippen LogP contribution is -2.41. The fraction of sp³-hybridized carbons (Fsp3) is 0.273. The molecule has 96 valence electrons. The molecule has 2 rings (SSSR count). The molecule has 0 radical (unpaired) electrons. The average Bonchev–Trinajstić information content (AvgIpc) is 2.77. The summed E-state index contributed by atoms with van der Waals surface area (Å²) in [4.78, 5) is 24.6. The maximum atomic E-state index is 12.2. The number of hydrogen-bond donors (Lipinski definition) is 1. The highest BCUT2D eigenvalue weighted by molar-refractivity contribution is 9.10. The van der Waals surface area contributed by atoms with Gasteiger partial charge in [-0.1, -0.05) is 27.5 Å². The number of carbonyl (C=O) groups excluding carboxylic acids is 1. The Hall–Kier alpha value is -0.720. The van der Waals surface area contributed by atoms with Crippen LogP contribution in [0, 0.1) is 0 Å². The van der Waals surface area contributed by atoms with Gasteiger partial charge in [0.15, 0.2) is 0 Å². The van der Waals surface area contributed by atoms with Crippen LogP contribution in [0.4, 0.5) is 0 Å². The normalized spacial score (nSPS) is 19.0. The van der Waals surface area contributed by atoms with Crippen LogP contribution in [0.1, 0.15) is 10.4 Å². The van der Waals surface area contributed by atoms with Gasteiger partial charge in [-0.3, -0.25) is 4.79 Å². The van der Waals surface area contributed by atoms with Crippen molar-refractivity contribution in [2.45, 2.75) is 6.04 Å². The molecule has 0 aliphatic carbocycles. The number of hydrogen-bond acceptors (Lipinski definition) is 3. The van der Waals surface area contributed by atoms with Gasteiger partial charge in [-0.2, -0.15) is 0 Å². The summed E-state index contributed by atoms with van der Waals surface area (Å²) < 4.78 is 0.773. The van der Waals surface area contributed by atoms with Crippen LogP contribution < -0.4 is 0 Å². The number of amides is 1.